The number of nitrogens with two attached hydrogens (primary N) is 1. The number of rotatable bonds is 17. The molecule has 0 heterocycles. The molecule has 0 rings (SSSR count). The van der Waals surface area contributed by atoms with E-state index in [0.717, 1.165) is 18.6 Å². The summed E-state index contributed by atoms with van der Waals surface area (Å²) in [6.07, 6.45) is 20.2. The van der Waals surface area contributed by atoms with Crippen LogP contribution in [0.1, 0.15) is 110 Å². The average Bonchev–Trinajstić information content (AvgIpc) is 2.58. The van der Waals surface area contributed by atoms with Crippen LogP contribution in [0.4, 0.5) is 0 Å². The fourth-order valence-corrected chi connectivity index (χ4v) is 2.65. The summed E-state index contributed by atoms with van der Waals surface area (Å²) in [5.74, 6) is 0.139. The Morgan fingerprint density at radius 2 is 1.04 bits per heavy atom. The zero-order chi connectivity index (χ0) is 18.3. The summed E-state index contributed by atoms with van der Waals surface area (Å²) >= 11 is 3.80. The molecule has 0 atom stereocenters. The van der Waals surface area contributed by atoms with Crippen LogP contribution in [0.25, 0.3) is 0 Å². The lowest BCUT2D eigenvalue weighted by Crippen LogP contribution is -1.97. The molecule has 4 heteroatoms. The molecule has 0 aliphatic rings. The van der Waals surface area contributed by atoms with E-state index in [2.05, 4.69) is 19.6 Å². The van der Waals surface area contributed by atoms with Crippen molar-refractivity contribution in [2.45, 2.75) is 110 Å². The summed E-state index contributed by atoms with van der Waals surface area (Å²) in [5.41, 5.74) is 4.95. The molecule has 0 radical (unpaired) electrons. The molecule has 0 amide bonds. The predicted octanol–water partition coefficient (Wildman–Crippen LogP) is 6.21. The summed E-state index contributed by atoms with van der Waals surface area (Å²) < 4.78 is 0. The van der Waals surface area contributed by atoms with Crippen LogP contribution in [0.5, 0.6) is 0 Å². The van der Waals surface area contributed by atoms with Gasteiger partial charge in [-0.25, -0.2) is 0 Å². The molecule has 0 aromatic heterocycles. The van der Waals surface area contributed by atoms with E-state index in [1.165, 1.54) is 83.5 Å². The van der Waals surface area contributed by atoms with Crippen molar-refractivity contribution >= 4 is 18.6 Å². The van der Waals surface area contributed by atoms with Crippen LogP contribution in [0, 0.1) is 0 Å². The van der Waals surface area contributed by atoms with Crippen molar-refractivity contribution in [2.24, 2.45) is 5.73 Å². The lowest BCUT2D eigenvalue weighted by Gasteiger charge is -2.03. The monoisotopic (exact) mass is 361 g/mol. The lowest BCUT2D eigenvalue weighted by molar-refractivity contribution is -0.137. The molecule has 0 unspecified atom stereocenters. The fourth-order valence-electron chi connectivity index (χ4n) is 2.65. The molecule has 0 aromatic rings. The summed E-state index contributed by atoms with van der Waals surface area (Å²) in [5, 5.41) is 8.52. The van der Waals surface area contributed by atoms with E-state index in [-0.39, 0.29) is 0 Å². The second-order valence-electron chi connectivity index (χ2n) is 6.61. The van der Waals surface area contributed by atoms with Gasteiger partial charge in [0.15, 0.2) is 0 Å². The first-order chi connectivity index (χ1) is 11.7. The largest absolute Gasteiger partial charge is 0.481 e. The second-order valence-corrected chi connectivity index (χ2v) is 7.05. The minimum atomic E-state index is -0.653. The highest BCUT2D eigenvalue weighted by Crippen LogP contribution is 2.13. The topological polar surface area (TPSA) is 63.3 Å². The zero-order valence-electron chi connectivity index (χ0n) is 16.1. The first-order valence-corrected chi connectivity index (χ1v) is 10.8. The van der Waals surface area contributed by atoms with Gasteiger partial charge in [-0.15, -0.1) is 0 Å². The number of thiol groups is 1. The third-order valence-electron chi connectivity index (χ3n) is 4.12. The number of aliphatic carboxylic acids is 1. The van der Waals surface area contributed by atoms with E-state index in [0.29, 0.717) is 13.0 Å². The highest BCUT2D eigenvalue weighted by atomic mass is 32.1. The number of carboxylic acids is 1. The van der Waals surface area contributed by atoms with Gasteiger partial charge in [-0.3, -0.25) is 4.79 Å². The molecule has 3 N–H and O–H groups in total. The molecule has 3 nitrogen and oxygen atoms in total. The van der Waals surface area contributed by atoms with Crippen LogP contribution in [0.2, 0.25) is 0 Å². The maximum Gasteiger partial charge on any atom is 0.303 e. The molecule has 0 bridgehead atoms. The molecule has 0 spiro atoms. The number of unbranched alkanes of at least 4 members (excludes halogenated alkanes) is 14. The Balaban J connectivity index is 0. The van der Waals surface area contributed by atoms with Crippen LogP contribution in [-0.2, 0) is 4.79 Å². The van der Waals surface area contributed by atoms with Gasteiger partial charge in [0.2, 0.25) is 0 Å². The Morgan fingerprint density at radius 1 is 0.750 bits per heavy atom. The molecule has 24 heavy (non-hydrogen) atoms. The van der Waals surface area contributed by atoms with Crippen LogP contribution in [-0.4, -0.2) is 23.4 Å². The lowest BCUT2D eigenvalue weighted by atomic mass is 10.0. The highest BCUT2D eigenvalue weighted by Gasteiger charge is 1.97. The molecule has 0 aliphatic carbocycles. The Hall–Kier alpha value is -0.220. The Morgan fingerprint density at radius 3 is 1.29 bits per heavy atom. The zero-order valence-corrected chi connectivity index (χ0v) is 17.0. The van der Waals surface area contributed by atoms with Crippen LogP contribution >= 0.6 is 12.6 Å². The fraction of sp³-hybridized carbons (Fsp3) is 0.950. The van der Waals surface area contributed by atoms with Crippen molar-refractivity contribution in [3.05, 3.63) is 0 Å². The van der Waals surface area contributed by atoms with Gasteiger partial charge in [0.05, 0.1) is 0 Å². The quantitative estimate of drug-likeness (QED) is 0.213. The molecule has 0 saturated carbocycles. The first-order valence-electron chi connectivity index (χ1n) is 10.2. The number of hydrogen-bond acceptors (Lipinski definition) is 3. The molecule has 0 fully saturated rings. The molecule has 146 valence electrons. The second kappa shape index (κ2) is 25.0. The number of carboxylic acid groups (broad SMARTS) is 1. The van der Waals surface area contributed by atoms with Gasteiger partial charge in [-0.05, 0) is 6.42 Å². The van der Waals surface area contributed by atoms with Crippen molar-refractivity contribution in [2.75, 3.05) is 12.3 Å². The van der Waals surface area contributed by atoms with Crippen LogP contribution in [0.3, 0.4) is 0 Å². The van der Waals surface area contributed by atoms with E-state index in [1.807, 2.05) is 0 Å². The smallest absolute Gasteiger partial charge is 0.303 e. The van der Waals surface area contributed by atoms with Gasteiger partial charge in [0.25, 0.3) is 0 Å². The molecular weight excluding hydrogens is 318 g/mol. The van der Waals surface area contributed by atoms with Crippen LogP contribution in [0.15, 0.2) is 0 Å². The summed E-state index contributed by atoms with van der Waals surface area (Å²) in [7, 11) is 0. The molecule has 0 aromatic carbocycles. The highest BCUT2D eigenvalue weighted by molar-refractivity contribution is 7.80. The Labute approximate surface area is 156 Å². The van der Waals surface area contributed by atoms with E-state index >= 15 is 0 Å². The maximum absolute atomic E-state index is 10.3. The Kier molecular flexibility index (Phi) is 27.1. The van der Waals surface area contributed by atoms with Crippen molar-refractivity contribution in [1.29, 1.82) is 0 Å². The third-order valence-corrected chi connectivity index (χ3v) is 4.38. The van der Waals surface area contributed by atoms with Crippen molar-refractivity contribution in [3.8, 4) is 0 Å². The van der Waals surface area contributed by atoms with Gasteiger partial charge in [0.1, 0.15) is 0 Å². The Bertz CT molecular complexity index is 236. The van der Waals surface area contributed by atoms with E-state index in [4.69, 9.17) is 10.8 Å². The molecule has 0 saturated heterocycles. The minimum absolute atomic E-state index is 0.345. The number of carbonyl (C=O) groups is 1. The van der Waals surface area contributed by atoms with E-state index in [9.17, 15) is 4.79 Å². The average molecular weight is 362 g/mol. The van der Waals surface area contributed by atoms with Crippen molar-refractivity contribution in [3.63, 3.8) is 0 Å². The van der Waals surface area contributed by atoms with Gasteiger partial charge in [0, 0.05) is 18.7 Å². The van der Waals surface area contributed by atoms with Gasteiger partial charge >= 0.3 is 5.97 Å². The van der Waals surface area contributed by atoms with Crippen LogP contribution < -0.4 is 5.73 Å². The normalized spacial score (nSPS) is 10.3. The summed E-state index contributed by atoms with van der Waals surface area (Å²) in [6.45, 7) is 2.95. The summed E-state index contributed by atoms with van der Waals surface area (Å²) in [6, 6.07) is 0. The SMILES string of the molecule is CCCCCCCCCCCCCCCCCC(=O)O.NCCS. The molecule has 0 aliphatic heterocycles. The van der Waals surface area contributed by atoms with Gasteiger partial charge in [-0.1, -0.05) is 96.8 Å². The first kappa shape index (κ1) is 26.0. The van der Waals surface area contributed by atoms with E-state index < -0.39 is 5.97 Å². The minimum Gasteiger partial charge on any atom is -0.481 e. The third kappa shape index (κ3) is 29.7. The van der Waals surface area contributed by atoms with Crippen molar-refractivity contribution < 1.29 is 9.90 Å². The standard InChI is InChI=1S/C18H36O2.C2H7NS/c1-2-3-4-5-6-7-8-9-10-11-12-13-14-15-16-17-18(19)20;3-1-2-4/h2-17H2,1H3,(H,19,20);4H,1-3H2. The summed E-state index contributed by atoms with van der Waals surface area (Å²) in [4.78, 5) is 10.3. The van der Waals surface area contributed by atoms with Crippen molar-refractivity contribution in [1.82, 2.24) is 0 Å². The predicted molar refractivity (Wildman–Crippen MR) is 110 cm³/mol. The maximum atomic E-state index is 10.3. The van der Waals surface area contributed by atoms with Gasteiger partial charge in [-0.2, -0.15) is 12.6 Å². The van der Waals surface area contributed by atoms with E-state index in [1.54, 1.807) is 0 Å². The molecular formula is C20H43NO2S. The number of hydrogen-bond donors (Lipinski definition) is 3. The van der Waals surface area contributed by atoms with Gasteiger partial charge < -0.3 is 10.8 Å².